The predicted octanol–water partition coefficient (Wildman–Crippen LogP) is 4.22. The van der Waals surface area contributed by atoms with Gasteiger partial charge in [0, 0.05) is 0 Å². The van der Waals surface area contributed by atoms with Crippen molar-refractivity contribution in [3.05, 3.63) is 59.4 Å². The Bertz CT molecular complexity index is 879. The van der Waals surface area contributed by atoms with Crippen molar-refractivity contribution in [3.8, 4) is 5.75 Å². The number of nitrogens with one attached hydrogen (secondary N) is 1. The first-order valence-electron chi connectivity index (χ1n) is 7.80. The lowest BCUT2D eigenvalue weighted by molar-refractivity contribution is 0.0699. The Balaban J connectivity index is 1.80. The molecule has 1 heterocycles. The number of hydrogen-bond donors (Lipinski definition) is 2. The fourth-order valence-electron chi connectivity index (χ4n) is 2.37. The number of aromatic carboxylic acids is 1. The molecule has 5 heteroatoms. The smallest absolute Gasteiger partial charge is 0.337 e. The molecular formula is C19H18N2O3. The number of rotatable bonds is 6. The first kappa shape index (κ1) is 15.8. The highest BCUT2D eigenvalue weighted by Crippen LogP contribution is 2.18. The molecule has 0 spiro atoms. The first-order chi connectivity index (χ1) is 11.7. The molecule has 3 aromatic rings. The van der Waals surface area contributed by atoms with Crippen LogP contribution in [0.2, 0.25) is 0 Å². The van der Waals surface area contributed by atoms with Gasteiger partial charge in [0.15, 0.2) is 0 Å². The maximum atomic E-state index is 11.2. The third kappa shape index (κ3) is 3.46. The van der Waals surface area contributed by atoms with Gasteiger partial charge in [-0.3, -0.25) is 0 Å². The zero-order chi connectivity index (χ0) is 16.9. The number of H-pyrrole nitrogens is 1. The second-order valence-corrected chi connectivity index (χ2v) is 5.38. The van der Waals surface area contributed by atoms with E-state index in [-0.39, 0.29) is 5.56 Å². The summed E-state index contributed by atoms with van der Waals surface area (Å²) in [6.45, 7) is 2.78. The molecular weight excluding hydrogens is 304 g/mol. The van der Waals surface area contributed by atoms with Crippen molar-refractivity contribution in [2.24, 2.45) is 0 Å². The molecule has 0 amide bonds. The summed E-state index contributed by atoms with van der Waals surface area (Å²) in [5.74, 6) is 0.485. The molecule has 0 aliphatic carbocycles. The number of aromatic amines is 1. The van der Waals surface area contributed by atoms with Gasteiger partial charge in [-0.15, -0.1) is 0 Å². The summed E-state index contributed by atoms with van der Waals surface area (Å²) in [5, 5.41) is 9.20. The lowest BCUT2D eigenvalue weighted by atomic mass is 10.2. The highest BCUT2D eigenvalue weighted by molar-refractivity contribution is 6.01. The molecule has 0 aliphatic heterocycles. The van der Waals surface area contributed by atoms with E-state index in [0.29, 0.717) is 23.5 Å². The van der Waals surface area contributed by atoms with Crippen LogP contribution in [0.1, 0.15) is 35.1 Å². The van der Waals surface area contributed by atoms with E-state index < -0.39 is 5.97 Å². The fraction of sp³-hybridized carbons (Fsp3) is 0.158. The van der Waals surface area contributed by atoms with E-state index >= 15 is 0 Å². The number of carboxylic acids is 1. The largest absolute Gasteiger partial charge is 0.494 e. The number of carboxylic acid groups (broad SMARTS) is 1. The maximum absolute atomic E-state index is 11.2. The minimum absolute atomic E-state index is 0.195. The zero-order valence-electron chi connectivity index (χ0n) is 13.3. The van der Waals surface area contributed by atoms with Gasteiger partial charge in [0.05, 0.1) is 17.7 Å². The molecule has 0 bridgehead atoms. The van der Waals surface area contributed by atoms with Crippen LogP contribution in [0.3, 0.4) is 0 Å². The molecule has 0 saturated carbocycles. The number of benzene rings is 2. The molecule has 0 aliphatic rings. The highest BCUT2D eigenvalue weighted by atomic mass is 16.5. The van der Waals surface area contributed by atoms with Crippen LogP contribution >= 0.6 is 0 Å². The summed E-state index contributed by atoms with van der Waals surface area (Å²) in [6, 6.07) is 12.8. The van der Waals surface area contributed by atoms with E-state index in [9.17, 15) is 9.90 Å². The summed E-state index contributed by atoms with van der Waals surface area (Å²) >= 11 is 0. The minimum Gasteiger partial charge on any atom is -0.494 e. The van der Waals surface area contributed by atoms with Gasteiger partial charge in [-0.25, -0.2) is 9.78 Å². The van der Waals surface area contributed by atoms with Gasteiger partial charge in [0.1, 0.15) is 17.1 Å². The Morgan fingerprint density at radius 2 is 2.00 bits per heavy atom. The van der Waals surface area contributed by atoms with Gasteiger partial charge in [-0.2, -0.15) is 0 Å². The monoisotopic (exact) mass is 322 g/mol. The molecule has 0 unspecified atom stereocenters. The molecule has 2 aromatic carbocycles. The van der Waals surface area contributed by atoms with Crippen LogP contribution in [-0.2, 0) is 0 Å². The second kappa shape index (κ2) is 7.00. The van der Waals surface area contributed by atoms with Gasteiger partial charge >= 0.3 is 5.97 Å². The van der Waals surface area contributed by atoms with E-state index in [2.05, 4.69) is 16.9 Å². The second-order valence-electron chi connectivity index (χ2n) is 5.38. The summed E-state index contributed by atoms with van der Waals surface area (Å²) in [7, 11) is 0. The van der Waals surface area contributed by atoms with Gasteiger partial charge in [0.2, 0.25) is 0 Å². The molecule has 1 aromatic heterocycles. The van der Waals surface area contributed by atoms with Crippen LogP contribution in [0.5, 0.6) is 5.75 Å². The van der Waals surface area contributed by atoms with Crippen molar-refractivity contribution in [2.45, 2.75) is 13.3 Å². The predicted molar refractivity (Wildman–Crippen MR) is 94.2 cm³/mol. The van der Waals surface area contributed by atoms with Crippen LogP contribution in [0.15, 0.2) is 42.5 Å². The number of carbonyl (C=O) groups is 1. The first-order valence-corrected chi connectivity index (χ1v) is 7.80. The standard InChI is InChI=1S/C19H18N2O3/c1-2-12-24-14-9-6-13(7-10-14)8-11-17-20-16-5-3-4-15(19(22)23)18(16)21-17/h3-11H,2,12H2,1H3,(H,20,21)(H,22,23)/b11-8+. The number of ether oxygens (including phenoxy) is 1. The van der Waals surface area contributed by atoms with Crippen LogP contribution in [0.4, 0.5) is 0 Å². The van der Waals surface area contributed by atoms with Crippen molar-refractivity contribution in [3.63, 3.8) is 0 Å². The quantitative estimate of drug-likeness (QED) is 0.712. The van der Waals surface area contributed by atoms with Crippen LogP contribution in [0.25, 0.3) is 23.2 Å². The molecule has 0 radical (unpaired) electrons. The van der Waals surface area contributed by atoms with Gasteiger partial charge in [-0.1, -0.05) is 31.2 Å². The molecule has 2 N–H and O–H groups in total. The van der Waals surface area contributed by atoms with E-state index in [1.54, 1.807) is 12.1 Å². The Hall–Kier alpha value is -3.08. The lowest BCUT2D eigenvalue weighted by Gasteiger charge is -2.03. The lowest BCUT2D eigenvalue weighted by Crippen LogP contribution is -1.96. The van der Waals surface area contributed by atoms with Crippen LogP contribution in [0, 0.1) is 0 Å². The Kier molecular flexibility index (Phi) is 4.61. The molecule has 0 fully saturated rings. The molecule has 122 valence electrons. The Morgan fingerprint density at radius 1 is 1.21 bits per heavy atom. The normalized spacial score (nSPS) is 11.2. The average Bonchev–Trinajstić information content (AvgIpc) is 3.01. The van der Waals surface area contributed by atoms with Crippen LogP contribution < -0.4 is 4.74 Å². The number of nitrogens with zero attached hydrogens (tertiary/aromatic N) is 1. The summed E-state index contributed by atoms with van der Waals surface area (Å²) in [5.41, 5.74) is 2.38. The topological polar surface area (TPSA) is 75.2 Å². The van der Waals surface area contributed by atoms with Gasteiger partial charge in [-0.05, 0) is 42.3 Å². The molecule has 3 rings (SSSR count). The van der Waals surface area contributed by atoms with Gasteiger partial charge in [0.25, 0.3) is 0 Å². The number of imidazole rings is 1. The third-order valence-electron chi connectivity index (χ3n) is 3.55. The molecule has 5 nitrogen and oxygen atoms in total. The maximum Gasteiger partial charge on any atom is 0.337 e. The number of hydrogen-bond acceptors (Lipinski definition) is 3. The van der Waals surface area contributed by atoms with E-state index in [0.717, 1.165) is 17.7 Å². The highest BCUT2D eigenvalue weighted by Gasteiger charge is 2.11. The van der Waals surface area contributed by atoms with E-state index in [1.807, 2.05) is 42.5 Å². The molecule has 0 saturated heterocycles. The van der Waals surface area contributed by atoms with Crippen molar-refractivity contribution in [2.75, 3.05) is 6.61 Å². The molecule has 24 heavy (non-hydrogen) atoms. The Labute approximate surface area is 139 Å². The number of fused-ring (bicyclic) bond motifs is 1. The van der Waals surface area contributed by atoms with Crippen molar-refractivity contribution in [1.29, 1.82) is 0 Å². The van der Waals surface area contributed by atoms with E-state index in [4.69, 9.17) is 4.74 Å². The number of aromatic nitrogens is 2. The average molecular weight is 322 g/mol. The van der Waals surface area contributed by atoms with Gasteiger partial charge < -0.3 is 14.8 Å². The Morgan fingerprint density at radius 3 is 2.71 bits per heavy atom. The van der Waals surface area contributed by atoms with Crippen molar-refractivity contribution in [1.82, 2.24) is 9.97 Å². The van der Waals surface area contributed by atoms with E-state index in [1.165, 1.54) is 0 Å². The fourth-order valence-corrected chi connectivity index (χ4v) is 2.37. The zero-order valence-corrected chi connectivity index (χ0v) is 13.3. The van der Waals surface area contributed by atoms with Crippen molar-refractivity contribution < 1.29 is 14.6 Å². The molecule has 0 atom stereocenters. The summed E-state index contributed by atoms with van der Waals surface area (Å²) in [6.07, 6.45) is 4.72. The third-order valence-corrected chi connectivity index (χ3v) is 3.55. The van der Waals surface area contributed by atoms with Crippen molar-refractivity contribution >= 4 is 29.2 Å². The van der Waals surface area contributed by atoms with Crippen LogP contribution in [-0.4, -0.2) is 27.7 Å². The SMILES string of the molecule is CCCOc1ccc(/C=C/c2nc3c(C(=O)O)cccc3[nH]2)cc1. The summed E-state index contributed by atoms with van der Waals surface area (Å²) < 4.78 is 5.55. The number of para-hydroxylation sites is 1. The minimum atomic E-state index is -0.981. The summed E-state index contributed by atoms with van der Waals surface area (Å²) in [4.78, 5) is 18.7.